The maximum Gasteiger partial charge on any atom is 0.253 e. The van der Waals surface area contributed by atoms with Gasteiger partial charge >= 0.3 is 0 Å². The molecule has 0 aliphatic heterocycles. The third-order valence-corrected chi connectivity index (χ3v) is 5.78. The lowest BCUT2D eigenvalue weighted by Gasteiger charge is -2.09. The van der Waals surface area contributed by atoms with E-state index in [1.165, 1.54) is 30.5 Å². The van der Waals surface area contributed by atoms with E-state index in [2.05, 4.69) is 15.0 Å². The van der Waals surface area contributed by atoms with Crippen LogP contribution in [0.3, 0.4) is 0 Å². The van der Waals surface area contributed by atoms with E-state index in [4.69, 9.17) is 4.42 Å². The summed E-state index contributed by atoms with van der Waals surface area (Å²) in [6.07, 6.45) is 1.46. The number of rotatable bonds is 7. The lowest BCUT2D eigenvalue weighted by Crippen LogP contribution is -2.28. The predicted molar refractivity (Wildman–Crippen MR) is 107 cm³/mol. The molecule has 0 spiro atoms. The topological polar surface area (TPSA) is 121 Å². The number of amides is 1. The number of benzene rings is 1. The average molecular weight is 415 g/mol. The fraction of sp³-hybridized carbons (Fsp3) is 0.200. The Labute approximate surface area is 168 Å². The minimum atomic E-state index is -3.74. The van der Waals surface area contributed by atoms with Gasteiger partial charge < -0.3 is 14.7 Å². The number of aromatic amines is 1. The molecule has 9 heteroatoms. The third kappa shape index (κ3) is 5.01. The van der Waals surface area contributed by atoms with E-state index in [-0.39, 0.29) is 29.1 Å². The van der Waals surface area contributed by atoms with Gasteiger partial charge in [-0.05, 0) is 61.9 Å². The van der Waals surface area contributed by atoms with Gasteiger partial charge in [0.15, 0.2) is 0 Å². The van der Waals surface area contributed by atoms with Crippen LogP contribution in [0.4, 0.5) is 0 Å². The molecule has 0 aliphatic carbocycles. The highest BCUT2D eigenvalue weighted by molar-refractivity contribution is 7.89. The Morgan fingerprint density at radius 2 is 1.83 bits per heavy atom. The summed E-state index contributed by atoms with van der Waals surface area (Å²) < 4.78 is 32.2. The molecule has 0 bridgehead atoms. The van der Waals surface area contributed by atoms with Gasteiger partial charge in [0.2, 0.25) is 10.0 Å². The maximum absolute atomic E-state index is 12.3. The molecule has 152 valence electrons. The molecule has 0 aliphatic rings. The summed E-state index contributed by atoms with van der Waals surface area (Å²) in [5, 5.41) is 2.68. The molecule has 1 amide bonds. The lowest BCUT2D eigenvalue weighted by atomic mass is 10.1. The Bertz CT molecular complexity index is 1160. The molecule has 3 rings (SSSR count). The van der Waals surface area contributed by atoms with Crippen LogP contribution in [0.15, 0.2) is 62.8 Å². The van der Waals surface area contributed by atoms with Crippen molar-refractivity contribution in [3.63, 3.8) is 0 Å². The normalized spacial score (nSPS) is 11.4. The van der Waals surface area contributed by atoms with Crippen LogP contribution in [0.2, 0.25) is 0 Å². The molecular formula is C20H21N3O5S. The van der Waals surface area contributed by atoms with E-state index in [1.807, 2.05) is 6.07 Å². The predicted octanol–water partition coefficient (Wildman–Crippen LogP) is 1.99. The van der Waals surface area contributed by atoms with Crippen molar-refractivity contribution >= 4 is 15.9 Å². The molecule has 1 aromatic carbocycles. The van der Waals surface area contributed by atoms with Crippen molar-refractivity contribution in [2.75, 3.05) is 0 Å². The van der Waals surface area contributed by atoms with Gasteiger partial charge in [-0.1, -0.05) is 0 Å². The van der Waals surface area contributed by atoms with Crippen molar-refractivity contribution < 1.29 is 17.6 Å². The Kier molecular flexibility index (Phi) is 6.00. The zero-order valence-corrected chi connectivity index (χ0v) is 16.8. The highest BCUT2D eigenvalue weighted by Gasteiger charge is 2.16. The fourth-order valence-corrected chi connectivity index (χ4v) is 3.81. The largest absolute Gasteiger partial charge is 0.468 e. The van der Waals surface area contributed by atoms with Crippen molar-refractivity contribution in [3.05, 3.63) is 87.2 Å². The molecule has 29 heavy (non-hydrogen) atoms. The molecule has 2 heterocycles. The van der Waals surface area contributed by atoms with Crippen LogP contribution in [0, 0.1) is 13.8 Å². The lowest BCUT2D eigenvalue weighted by molar-refractivity contribution is 0.0950. The number of hydrogen-bond donors (Lipinski definition) is 3. The van der Waals surface area contributed by atoms with Gasteiger partial charge in [-0.2, -0.15) is 0 Å². The number of hydrogen-bond acceptors (Lipinski definition) is 5. The first-order valence-corrected chi connectivity index (χ1v) is 10.3. The quantitative estimate of drug-likeness (QED) is 0.545. The van der Waals surface area contributed by atoms with Crippen LogP contribution in [-0.4, -0.2) is 19.3 Å². The third-order valence-electron chi connectivity index (χ3n) is 4.36. The van der Waals surface area contributed by atoms with Crippen LogP contribution in [-0.2, 0) is 23.1 Å². The number of furan rings is 1. The van der Waals surface area contributed by atoms with Gasteiger partial charge in [-0.15, -0.1) is 0 Å². The molecule has 3 N–H and O–H groups in total. The second-order valence-corrected chi connectivity index (χ2v) is 8.32. The molecular weight excluding hydrogens is 394 g/mol. The van der Waals surface area contributed by atoms with E-state index < -0.39 is 15.9 Å². The van der Waals surface area contributed by atoms with E-state index >= 15 is 0 Å². The molecule has 0 fully saturated rings. The number of H-pyrrole nitrogens is 1. The van der Waals surface area contributed by atoms with Crippen LogP contribution in [0.25, 0.3) is 0 Å². The van der Waals surface area contributed by atoms with Crippen LogP contribution in [0.5, 0.6) is 0 Å². The van der Waals surface area contributed by atoms with E-state index in [9.17, 15) is 18.0 Å². The Balaban J connectivity index is 1.65. The standard InChI is InChI=1S/C20H21N3O5S/c1-13-10-14(2)23-20(25)18(13)12-21-19(24)15-5-7-17(8-6-15)29(26,27)22-11-16-4-3-9-28-16/h3-10,22H,11-12H2,1-2H3,(H,21,24)(H,23,25). The zero-order chi connectivity index (χ0) is 21.0. The van der Waals surface area contributed by atoms with E-state index in [1.54, 1.807) is 26.0 Å². The summed E-state index contributed by atoms with van der Waals surface area (Å²) in [4.78, 5) is 27.1. The second-order valence-electron chi connectivity index (χ2n) is 6.55. The maximum atomic E-state index is 12.3. The van der Waals surface area contributed by atoms with Crippen molar-refractivity contribution in [2.45, 2.75) is 31.8 Å². The Hall–Kier alpha value is -3.17. The number of carbonyl (C=O) groups excluding carboxylic acids is 1. The smallest absolute Gasteiger partial charge is 0.253 e. The molecule has 8 nitrogen and oxygen atoms in total. The zero-order valence-electron chi connectivity index (χ0n) is 16.0. The van der Waals surface area contributed by atoms with E-state index in [0.717, 1.165) is 11.3 Å². The summed E-state index contributed by atoms with van der Waals surface area (Å²) in [7, 11) is -3.74. The fourth-order valence-electron chi connectivity index (χ4n) is 2.82. The van der Waals surface area contributed by atoms with Crippen molar-refractivity contribution in [2.24, 2.45) is 0 Å². The first kappa shape index (κ1) is 20.6. The summed E-state index contributed by atoms with van der Waals surface area (Å²) in [6, 6.07) is 10.7. The Morgan fingerprint density at radius 3 is 2.45 bits per heavy atom. The molecule has 0 saturated carbocycles. The summed E-state index contributed by atoms with van der Waals surface area (Å²) in [6.45, 7) is 3.70. The molecule has 3 aromatic rings. The van der Waals surface area contributed by atoms with Gasteiger partial charge in [-0.25, -0.2) is 13.1 Å². The molecule has 2 aromatic heterocycles. The summed E-state index contributed by atoms with van der Waals surface area (Å²) in [5.41, 5.74) is 2.06. The first-order chi connectivity index (χ1) is 13.8. The van der Waals surface area contributed by atoms with Gasteiger partial charge in [-0.3, -0.25) is 9.59 Å². The van der Waals surface area contributed by atoms with Gasteiger partial charge in [0.25, 0.3) is 11.5 Å². The number of aromatic nitrogens is 1. The number of sulfonamides is 1. The summed E-state index contributed by atoms with van der Waals surface area (Å²) in [5.74, 6) is 0.0860. The number of carbonyl (C=O) groups is 1. The number of aryl methyl sites for hydroxylation is 2. The van der Waals surface area contributed by atoms with Crippen molar-refractivity contribution in [1.29, 1.82) is 0 Å². The van der Waals surface area contributed by atoms with Crippen molar-refractivity contribution in [1.82, 2.24) is 15.0 Å². The highest BCUT2D eigenvalue weighted by Crippen LogP contribution is 2.12. The molecule has 0 unspecified atom stereocenters. The first-order valence-electron chi connectivity index (χ1n) is 8.86. The van der Waals surface area contributed by atoms with Crippen LogP contribution < -0.4 is 15.6 Å². The molecule has 0 saturated heterocycles. The van der Waals surface area contributed by atoms with Gasteiger partial charge in [0.1, 0.15) is 5.76 Å². The minimum Gasteiger partial charge on any atom is -0.468 e. The monoisotopic (exact) mass is 415 g/mol. The molecule has 0 radical (unpaired) electrons. The Morgan fingerprint density at radius 1 is 1.10 bits per heavy atom. The number of pyridine rings is 1. The minimum absolute atomic E-state index is 0.0298. The summed E-state index contributed by atoms with van der Waals surface area (Å²) >= 11 is 0. The van der Waals surface area contributed by atoms with Gasteiger partial charge in [0, 0.05) is 23.4 Å². The van der Waals surface area contributed by atoms with Crippen molar-refractivity contribution in [3.8, 4) is 0 Å². The SMILES string of the molecule is Cc1cc(C)c(CNC(=O)c2ccc(S(=O)(=O)NCc3ccco3)cc2)c(=O)[nH]1. The average Bonchev–Trinajstić information content (AvgIpc) is 3.19. The second kappa shape index (κ2) is 8.46. The number of nitrogens with one attached hydrogen (secondary N) is 3. The van der Waals surface area contributed by atoms with E-state index in [0.29, 0.717) is 11.3 Å². The highest BCUT2D eigenvalue weighted by atomic mass is 32.2. The molecule has 0 atom stereocenters. The van der Waals surface area contributed by atoms with Crippen LogP contribution >= 0.6 is 0 Å². The van der Waals surface area contributed by atoms with Crippen LogP contribution in [0.1, 0.15) is 32.9 Å². The van der Waals surface area contributed by atoms with Gasteiger partial charge in [0.05, 0.1) is 17.7 Å².